The first-order valence-corrected chi connectivity index (χ1v) is 9.97. The van der Waals surface area contributed by atoms with Gasteiger partial charge >= 0.3 is 6.36 Å². The largest absolute Gasteiger partial charge is 0.573 e. The minimum Gasteiger partial charge on any atom is -0.404 e. The Hall–Kier alpha value is -2.60. The standard InChI is InChI=1S/C16H16F3N3O5S/c1-28(25,26)22-7-5-21(6-8-22)15(24)11-9-20-13-10(14(11)23)3-2-4-12(13)27-16(17,18)19/h2-4,9H,5-8H2,1H3,(H,20,23). The molecule has 1 aliphatic rings. The average Bonchev–Trinajstić information content (AvgIpc) is 2.60. The van der Waals surface area contributed by atoms with E-state index in [1.807, 2.05) is 0 Å². The van der Waals surface area contributed by atoms with Crippen molar-refractivity contribution in [3.05, 3.63) is 40.2 Å². The van der Waals surface area contributed by atoms with Crippen LogP contribution < -0.4 is 10.2 Å². The zero-order valence-corrected chi connectivity index (χ0v) is 15.4. The number of ether oxygens (including phenoxy) is 1. The topological polar surface area (TPSA) is 99.8 Å². The zero-order chi connectivity index (χ0) is 20.7. The number of hydrogen-bond donors (Lipinski definition) is 1. The van der Waals surface area contributed by atoms with Gasteiger partial charge in [0.25, 0.3) is 5.91 Å². The lowest BCUT2D eigenvalue weighted by atomic mass is 10.1. The van der Waals surface area contributed by atoms with Gasteiger partial charge in [0.05, 0.1) is 17.2 Å². The number of rotatable bonds is 3. The molecule has 0 bridgehead atoms. The normalized spacial score (nSPS) is 16.4. The highest BCUT2D eigenvalue weighted by Crippen LogP contribution is 2.28. The third kappa shape index (κ3) is 4.12. The third-order valence-corrected chi connectivity index (χ3v) is 5.63. The number of carbonyl (C=O) groups is 1. The van der Waals surface area contributed by atoms with Gasteiger partial charge in [0.15, 0.2) is 5.75 Å². The first-order chi connectivity index (χ1) is 13.0. The van der Waals surface area contributed by atoms with E-state index in [1.165, 1.54) is 21.3 Å². The molecule has 2 aromatic rings. The Kier molecular flexibility index (Phi) is 5.10. The molecule has 12 heteroatoms. The van der Waals surface area contributed by atoms with Crippen molar-refractivity contribution < 1.29 is 31.1 Å². The molecule has 1 N–H and O–H groups in total. The first-order valence-electron chi connectivity index (χ1n) is 8.12. The number of alkyl halides is 3. The number of piperazine rings is 1. The van der Waals surface area contributed by atoms with Crippen molar-refractivity contribution in [3.63, 3.8) is 0 Å². The molecule has 1 aromatic carbocycles. The molecule has 152 valence electrons. The molecule has 1 aromatic heterocycles. The Labute approximate surface area is 157 Å². The number of hydrogen-bond acceptors (Lipinski definition) is 5. The van der Waals surface area contributed by atoms with Crippen molar-refractivity contribution in [2.24, 2.45) is 0 Å². The minimum atomic E-state index is -4.93. The van der Waals surface area contributed by atoms with E-state index in [4.69, 9.17) is 0 Å². The number of para-hydroxylation sites is 1. The van der Waals surface area contributed by atoms with Crippen LogP contribution in [0.15, 0.2) is 29.2 Å². The van der Waals surface area contributed by atoms with Crippen LogP contribution >= 0.6 is 0 Å². The number of carbonyl (C=O) groups excluding carboxylic acids is 1. The quantitative estimate of drug-likeness (QED) is 0.805. The summed E-state index contributed by atoms with van der Waals surface area (Å²) in [5.74, 6) is -1.21. The lowest BCUT2D eigenvalue weighted by Gasteiger charge is -2.33. The molecule has 8 nitrogen and oxygen atoms in total. The van der Waals surface area contributed by atoms with Gasteiger partial charge in [0.1, 0.15) is 5.56 Å². The van der Waals surface area contributed by atoms with Crippen molar-refractivity contribution >= 4 is 26.8 Å². The van der Waals surface area contributed by atoms with Crippen LogP contribution in [0.5, 0.6) is 5.75 Å². The van der Waals surface area contributed by atoms with Crippen LogP contribution in [0.3, 0.4) is 0 Å². The van der Waals surface area contributed by atoms with Crippen molar-refractivity contribution in [2.45, 2.75) is 6.36 Å². The van der Waals surface area contributed by atoms with E-state index >= 15 is 0 Å². The third-order valence-electron chi connectivity index (χ3n) is 4.33. The molecular weight excluding hydrogens is 403 g/mol. The number of benzene rings is 1. The lowest BCUT2D eigenvalue weighted by molar-refractivity contribution is -0.274. The molecular formula is C16H16F3N3O5S. The molecule has 1 fully saturated rings. The zero-order valence-electron chi connectivity index (χ0n) is 14.6. The summed E-state index contributed by atoms with van der Waals surface area (Å²) in [6.07, 6.45) is -2.82. The average molecular weight is 419 g/mol. The molecule has 1 aliphatic heterocycles. The highest BCUT2D eigenvalue weighted by molar-refractivity contribution is 7.88. The highest BCUT2D eigenvalue weighted by Gasteiger charge is 2.32. The molecule has 1 saturated heterocycles. The smallest absolute Gasteiger partial charge is 0.404 e. The molecule has 0 spiro atoms. The molecule has 0 unspecified atom stereocenters. The van der Waals surface area contributed by atoms with E-state index in [9.17, 15) is 31.2 Å². The number of pyridine rings is 1. The number of nitrogens with one attached hydrogen (secondary N) is 1. The van der Waals surface area contributed by atoms with Crippen LogP contribution in [0.1, 0.15) is 10.4 Å². The number of amides is 1. The van der Waals surface area contributed by atoms with Gasteiger partial charge in [-0.1, -0.05) is 6.07 Å². The van der Waals surface area contributed by atoms with E-state index in [2.05, 4.69) is 9.72 Å². The van der Waals surface area contributed by atoms with Gasteiger partial charge in [-0.25, -0.2) is 8.42 Å². The van der Waals surface area contributed by atoms with E-state index < -0.39 is 33.5 Å². The lowest BCUT2D eigenvalue weighted by Crippen LogP contribution is -2.50. The number of halogens is 3. The number of fused-ring (bicyclic) bond motifs is 1. The fraction of sp³-hybridized carbons (Fsp3) is 0.375. The maximum Gasteiger partial charge on any atom is 0.573 e. The maximum atomic E-state index is 12.7. The van der Waals surface area contributed by atoms with Gasteiger partial charge in [-0.05, 0) is 12.1 Å². The van der Waals surface area contributed by atoms with Gasteiger partial charge < -0.3 is 14.6 Å². The van der Waals surface area contributed by atoms with Crippen LogP contribution in [-0.2, 0) is 10.0 Å². The van der Waals surface area contributed by atoms with Crippen molar-refractivity contribution in [1.82, 2.24) is 14.2 Å². The molecule has 3 rings (SSSR count). The van der Waals surface area contributed by atoms with Gasteiger partial charge in [0, 0.05) is 32.4 Å². The molecule has 0 atom stereocenters. The highest BCUT2D eigenvalue weighted by atomic mass is 32.2. The molecule has 0 radical (unpaired) electrons. The molecule has 28 heavy (non-hydrogen) atoms. The van der Waals surface area contributed by atoms with Crippen molar-refractivity contribution in [1.29, 1.82) is 0 Å². The number of nitrogens with zero attached hydrogens (tertiary/aromatic N) is 2. The Bertz CT molecular complexity index is 1070. The molecule has 0 saturated carbocycles. The van der Waals surface area contributed by atoms with Crippen LogP contribution in [-0.4, -0.2) is 67.3 Å². The molecule has 1 amide bonds. The molecule has 2 heterocycles. The number of aromatic amines is 1. The Morgan fingerprint density at radius 3 is 2.39 bits per heavy atom. The Morgan fingerprint density at radius 2 is 1.82 bits per heavy atom. The van der Waals surface area contributed by atoms with Gasteiger partial charge in [-0.3, -0.25) is 9.59 Å². The Balaban J connectivity index is 1.89. The van der Waals surface area contributed by atoms with Crippen LogP contribution in [0.25, 0.3) is 10.9 Å². The fourth-order valence-corrected chi connectivity index (χ4v) is 3.81. The summed E-state index contributed by atoms with van der Waals surface area (Å²) in [6, 6.07) is 3.56. The summed E-state index contributed by atoms with van der Waals surface area (Å²) >= 11 is 0. The summed E-state index contributed by atoms with van der Waals surface area (Å²) in [4.78, 5) is 29.2. The van der Waals surface area contributed by atoms with Crippen molar-refractivity contribution in [3.8, 4) is 5.75 Å². The number of aromatic nitrogens is 1. The van der Waals surface area contributed by atoms with E-state index in [0.717, 1.165) is 18.5 Å². The van der Waals surface area contributed by atoms with Gasteiger partial charge in [0.2, 0.25) is 15.5 Å². The summed E-state index contributed by atoms with van der Waals surface area (Å²) in [7, 11) is -3.37. The Morgan fingerprint density at radius 1 is 1.18 bits per heavy atom. The first kappa shape index (κ1) is 20.1. The second kappa shape index (κ2) is 7.09. The predicted octanol–water partition coefficient (Wildman–Crippen LogP) is 1.14. The second-order valence-electron chi connectivity index (χ2n) is 6.21. The SMILES string of the molecule is CS(=O)(=O)N1CCN(C(=O)c2c[nH]c3c(OC(F)(F)F)cccc3c2=O)CC1. The predicted molar refractivity (Wildman–Crippen MR) is 93.6 cm³/mol. The maximum absolute atomic E-state index is 12.7. The summed E-state index contributed by atoms with van der Waals surface area (Å²) in [6.45, 7) is 0.389. The van der Waals surface area contributed by atoms with Gasteiger partial charge in [-0.15, -0.1) is 13.2 Å². The summed E-state index contributed by atoms with van der Waals surface area (Å²) in [5, 5.41) is -0.123. The van der Waals surface area contributed by atoms with E-state index in [-0.39, 0.29) is 42.6 Å². The summed E-state index contributed by atoms with van der Waals surface area (Å²) < 4.78 is 65.7. The van der Waals surface area contributed by atoms with Crippen LogP contribution in [0.4, 0.5) is 13.2 Å². The van der Waals surface area contributed by atoms with Crippen LogP contribution in [0, 0.1) is 0 Å². The minimum absolute atomic E-state index is 0.0969. The van der Waals surface area contributed by atoms with E-state index in [1.54, 1.807) is 0 Å². The van der Waals surface area contributed by atoms with Crippen LogP contribution in [0.2, 0.25) is 0 Å². The fourth-order valence-electron chi connectivity index (χ4n) is 2.99. The number of H-pyrrole nitrogens is 1. The van der Waals surface area contributed by atoms with Gasteiger partial charge in [-0.2, -0.15) is 4.31 Å². The molecule has 0 aliphatic carbocycles. The summed E-state index contributed by atoms with van der Waals surface area (Å²) in [5.41, 5.74) is -1.16. The second-order valence-corrected chi connectivity index (χ2v) is 8.19. The monoisotopic (exact) mass is 419 g/mol. The van der Waals surface area contributed by atoms with E-state index in [0.29, 0.717) is 0 Å². The number of sulfonamides is 1. The van der Waals surface area contributed by atoms with Crippen molar-refractivity contribution in [2.75, 3.05) is 32.4 Å².